The van der Waals surface area contributed by atoms with Gasteiger partial charge in [0.25, 0.3) is 0 Å². The molecule has 0 aliphatic heterocycles. The van der Waals surface area contributed by atoms with Crippen molar-refractivity contribution >= 4 is 5.97 Å². The topological polar surface area (TPSA) is 57.5 Å². The van der Waals surface area contributed by atoms with E-state index in [2.05, 4.69) is 20.1 Å². The lowest BCUT2D eigenvalue weighted by atomic mass is 9.55. The molecule has 0 bridgehead atoms. The lowest BCUT2D eigenvalue weighted by molar-refractivity contribution is -0.133. The molecule has 0 spiro atoms. The summed E-state index contributed by atoms with van der Waals surface area (Å²) in [7, 11) is 0. The Balaban J connectivity index is 2.17. The van der Waals surface area contributed by atoms with Crippen LogP contribution in [-0.4, -0.2) is 22.3 Å². The van der Waals surface area contributed by atoms with Crippen molar-refractivity contribution in [1.82, 2.24) is 0 Å². The van der Waals surface area contributed by atoms with Crippen LogP contribution >= 0.6 is 0 Å². The lowest BCUT2D eigenvalue weighted by Crippen LogP contribution is -2.43. The number of aliphatic hydroxyl groups excluding tert-OH is 1. The molecule has 2 fully saturated rings. The van der Waals surface area contributed by atoms with Crippen LogP contribution in [0.25, 0.3) is 0 Å². The number of aliphatic hydroxyl groups is 1. The summed E-state index contributed by atoms with van der Waals surface area (Å²) >= 11 is 0. The molecule has 3 nitrogen and oxygen atoms in total. The van der Waals surface area contributed by atoms with Crippen molar-refractivity contribution in [2.24, 2.45) is 17.3 Å². The maximum atomic E-state index is 11.0. The van der Waals surface area contributed by atoms with E-state index >= 15 is 0 Å². The molecule has 0 unspecified atom stereocenters. The van der Waals surface area contributed by atoms with Gasteiger partial charge in [-0.25, -0.2) is 4.79 Å². The molecular formula is C15H22O3. The van der Waals surface area contributed by atoms with E-state index in [0.717, 1.165) is 37.7 Å². The van der Waals surface area contributed by atoms with Crippen molar-refractivity contribution in [3.63, 3.8) is 0 Å². The van der Waals surface area contributed by atoms with Crippen LogP contribution in [0.1, 0.15) is 39.0 Å². The molecule has 2 N–H and O–H groups in total. The molecule has 100 valence electrons. The predicted octanol–water partition coefficient (Wildman–Crippen LogP) is 2.76. The quantitative estimate of drug-likeness (QED) is 0.585. The van der Waals surface area contributed by atoms with E-state index in [4.69, 9.17) is 5.11 Å². The van der Waals surface area contributed by atoms with Gasteiger partial charge < -0.3 is 10.2 Å². The normalized spacial score (nSPS) is 40.1. The summed E-state index contributed by atoms with van der Waals surface area (Å²) < 4.78 is 0. The van der Waals surface area contributed by atoms with Crippen molar-refractivity contribution < 1.29 is 15.0 Å². The van der Waals surface area contributed by atoms with Gasteiger partial charge in [0, 0.05) is 5.57 Å². The predicted molar refractivity (Wildman–Crippen MR) is 70.1 cm³/mol. The molecule has 4 atom stereocenters. The summed E-state index contributed by atoms with van der Waals surface area (Å²) in [5.74, 6) is -0.635. The van der Waals surface area contributed by atoms with Crippen molar-refractivity contribution in [1.29, 1.82) is 0 Å². The number of carboxylic acids is 1. The molecule has 18 heavy (non-hydrogen) atoms. The number of aliphatic carboxylic acids is 1. The monoisotopic (exact) mass is 250 g/mol. The minimum absolute atomic E-state index is 0.0302. The first-order chi connectivity index (χ1) is 8.35. The maximum Gasteiger partial charge on any atom is 0.331 e. The highest BCUT2D eigenvalue weighted by Gasteiger charge is 2.46. The zero-order valence-corrected chi connectivity index (χ0v) is 11.0. The van der Waals surface area contributed by atoms with E-state index in [-0.39, 0.29) is 17.3 Å². The van der Waals surface area contributed by atoms with Gasteiger partial charge in [-0.05, 0) is 54.9 Å². The first kappa shape index (κ1) is 13.3. The molecule has 0 aromatic rings. The van der Waals surface area contributed by atoms with Crippen LogP contribution < -0.4 is 0 Å². The number of rotatable bonds is 2. The molecule has 3 heteroatoms. The van der Waals surface area contributed by atoms with Crippen molar-refractivity contribution in [3.05, 3.63) is 24.3 Å². The number of carbonyl (C=O) groups is 1. The zero-order chi connectivity index (χ0) is 13.5. The van der Waals surface area contributed by atoms with Gasteiger partial charge >= 0.3 is 5.97 Å². The van der Waals surface area contributed by atoms with Crippen LogP contribution in [0.15, 0.2) is 24.3 Å². The van der Waals surface area contributed by atoms with Crippen LogP contribution in [0.4, 0.5) is 0 Å². The summed E-state index contributed by atoms with van der Waals surface area (Å²) in [5, 5.41) is 19.0. The number of hydrogen-bond donors (Lipinski definition) is 2. The third kappa shape index (κ3) is 2.12. The van der Waals surface area contributed by atoms with E-state index in [1.54, 1.807) is 0 Å². The smallest absolute Gasteiger partial charge is 0.331 e. The molecule has 2 saturated carbocycles. The van der Waals surface area contributed by atoms with E-state index in [1.165, 1.54) is 0 Å². The summed E-state index contributed by atoms with van der Waals surface area (Å²) in [4.78, 5) is 11.0. The fourth-order valence-electron chi connectivity index (χ4n) is 3.64. The minimum atomic E-state index is -0.898. The molecule has 0 heterocycles. The van der Waals surface area contributed by atoms with Crippen LogP contribution in [0.3, 0.4) is 0 Å². The van der Waals surface area contributed by atoms with Crippen molar-refractivity contribution in [2.45, 2.75) is 45.1 Å². The van der Waals surface area contributed by atoms with Crippen molar-refractivity contribution in [3.8, 4) is 0 Å². The average molecular weight is 250 g/mol. The second-order valence-electron chi connectivity index (χ2n) is 6.14. The molecule has 2 aliphatic carbocycles. The Morgan fingerprint density at radius 2 is 2.00 bits per heavy atom. The molecule has 2 rings (SSSR count). The Morgan fingerprint density at radius 3 is 2.61 bits per heavy atom. The second kappa shape index (κ2) is 4.54. The first-order valence-electron chi connectivity index (χ1n) is 6.64. The summed E-state index contributed by atoms with van der Waals surface area (Å²) in [5.41, 5.74) is 1.39. The Hall–Kier alpha value is -1.09. The van der Waals surface area contributed by atoms with Gasteiger partial charge in [0.15, 0.2) is 0 Å². The standard InChI is InChI=1S/C15H22O3/c1-9(14(17)18)11-4-6-15(3)7-5-13(16)10(2)12(15)8-11/h11-13,16H,1-2,4-8H2,3H3,(H,17,18)/t11-,12-,13-,15+/m1/s1. The van der Waals surface area contributed by atoms with Gasteiger partial charge in [-0.2, -0.15) is 0 Å². The van der Waals surface area contributed by atoms with Gasteiger partial charge in [-0.1, -0.05) is 20.1 Å². The van der Waals surface area contributed by atoms with Crippen LogP contribution in [-0.2, 0) is 4.79 Å². The largest absolute Gasteiger partial charge is 0.478 e. The Kier molecular flexibility index (Phi) is 3.37. The van der Waals surface area contributed by atoms with E-state index in [0.29, 0.717) is 5.57 Å². The Bertz CT molecular complexity index is 399. The second-order valence-corrected chi connectivity index (χ2v) is 6.14. The molecule has 0 amide bonds. The van der Waals surface area contributed by atoms with Gasteiger partial charge in [0.2, 0.25) is 0 Å². The Morgan fingerprint density at radius 1 is 1.39 bits per heavy atom. The highest BCUT2D eigenvalue weighted by atomic mass is 16.4. The lowest BCUT2D eigenvalue weighted by Gasteiger charge is -2.50. The van der Waals surface area contributed by atoms with E-state index in [9.17, 15) is 9.90 Å². The molecule has 0 aromatic heterocycles. The van der Waals surface area contributed by atoms with Gasteiger partial charge in [0.05, 0.1) is 6.10 Å². The highest BCUT2D eigenvalue weighted by Crippen LogP contribution is 2.54. The maximum absolute atomic E-state index is 11.0. The Labute approximate surface area is 108 Å². The first-order valence-corrected chi connectivity index (χ1v) is 6.64. The SMILES string of the molecule is C=C(C(=O)O)[C@@H]1CC[C@@]2(C)CC[C@@H](O)C(=C)[C@H]2C1. The minimum Gasteiger partial charge on any atom is -0.478 e. The number of fused-ring (bicyclic) bond motifs is 1. The van der Waals surface area contributed by atoms with Crippen LogP contribution in [0.2, 0.25) is 0 Å². The fraction of sp³-hybridized carbons (Fsp3) is 0.667. The fourth-order valence-corrected chi connectivity index (χ4v) is 3.64. The molecular weight excluding hydrogens is 228 g/mol. The molecule has 0 radical (unpaired) electrons. The summed E-state index contributed by atoms with van der Waals surface area (Å²) in [6.07, 6.45) is 4.04. The van der Waals surface area contributed by atoms with Crippen molar-refractivity contribution in [2.75, 3.05) is 0 Å². The van der Waals surface area contributed by atoms with Gasteiger partial charge in [-0.15, -0.1) is 0 Å². The van der Waals surface area contributed by atoms with Gasteiger partial charge in [0.1, 0.15) is 0 Å². The number of carboxylic acid groups (broad SMARTS) is 1. The highest BCUT2D eigenvalue weighted by molar-refractivity contribution is 5.86. The van der Waals surface area contributed by atoms with E-state index in [1.807, 2.05) is 0 Å². The van der Waals surface area contributed by atoms with Crippen LogP contribution in [0.5, 0.6) is 0 Å². The zero-order valence-electron chi connectivity index (χ0n) is 11.0. The third-order valence-electron chi connectivity index (χ3n) is 5.06. The van der Waals surface area contributed by atoms with Gasteiger partial charge in [-0.3, -0.25) is 0 Å². The van der Waals surface area contributed by atoms with E-state index < -0.39 is 12.1 Å². The molecule has 0 saturated heterocycles. The third-order valence-corrected chi connectivity index (χ3v) is 5.06. The summed E-state index contributed by atoms with van der Waals surface area (Å²) in [6, 6.07) is 0. The number of hydrogen-bond acceptors (Lipinski definition) is 2. The molecule has 2 aliphatic rings. The van der Waals surface area contributed by atoms with Crippen LogP contribution in [0, 0.1) is 17.3 Å². The molecule has 0 aromatic carbocycles. The summed E-state index contributed by atoms with van der Waals surface area (Å²) in [6.45, 7) is 9.97. The average Bonchev–Trinajstić information content (AvgIpc) is 2.33.